The molecule has 1 saturated heterocycles. The maximum absolute atomic E-state index is 12.3. The van der Waals surface area contributed by atoms with Gasteiger partial charge in [0, 0.05) is 26.3 Å². The van der Waals surface area contributed by atoms with Gasteiger partial charge in [0.2, 0.25) is 11.9 Å². The van der Waals surface area contributed by atoms with Gasteiger partial charge in [-0.25, -0.2) is 4.98 Å². The van der Waals surface area contributed by atoms with Crippen molar-refractivity contribution >= 4 is 33.6 Å². The van der Waals surface area contributed by atoms with Crippen LogP contribution in [-0.2, 0) is 9.53 Å². The largest absolute Gasteiger partial charge is 0.378 e. The number of carbonyl (C=O) groups is 1. The van der Waals surface area contributed by atoms with Crippen molar-refractivity contribution in [1.29, 1.82) is 0 Å². The standard InChI is InChI=1S/C12H18BrN5O2/c1-8(11(19)18-3-5-20-6-4-18)16-10-9(13)7-15-12(14-2)17-10/h7-8H,3-6H2,1-2H3,(H2,14,15,16,17). The Morgan fingerprint density at radius 3 is 2.85 bits per heavy atom. The molecule has 1 aromatic rings. The summed E-state index contributed by atoms with van der Waals surface area (Å²) in [6.45, 7) is 4.29. The summed E-state index contributed by atoms with van der Waals surface area (Å²) in [6.07, 6.45) is 1.65. The van der Waals surface area contributed by atoms with Gasteiger partial charge in [0.05, 0.1) is 17.7 Å². The van der Waals surface area contributed by atoms with Crippen LogP contribution in [0.25, 0.3) is 0 Å². The molecule has 1 aliphatic heterocycles. The van der Waals surface area contributed by atoms with Crippen LogP contribution in [0.2, 0.25) is 0 Å². The lowest BCUT2D eigenvalue weighted by Crippen LogP contribution is -2.47. The molecular formula is C12H18BrN5O2. The number of amides is 1. The van der Waals surface area contributed by atoms with Crippen molar-refractivity contribution < 1.29 is 9.53 Å². The lowest BCUT2D eigenvalue weighted by molar-refractivity contribution is -0.135. The van der Waals surface area contributed by atoms with Gasteiger partial charge < -0.3 is 20.3 Å². The molecule has 2 rings (SSSR count). The number of rotatable bonds is 4. The number of anilines is 2. The zero-order valence-electron chi connectivity index (χ0n) is 11.5. The van der Waals surface area contributed by atoms with Crippen LogP contribution in [0.15, 0.2) is 10.7 Å². The molecule has 1 atom stereocenters. The quantitative estimate of drug-likeness (QED) is 0.846. The molecule has 1 aliphatic rings. The molecule has 0 spiro atoms. The molecule has 2 N–H and O–H groups in total. The molecule has 110 valence electrons. The maximum atomic E-state index is 12.3. The average molecular weight is 344 g/mol. The van der Waals surface area contributed by atoms with Crippen molar-refractivity contribution in [2.45, 2.75) is 13.0 Å². The van der Waals surface area contributed by atoms with E-state index in [-0.39, 0.29) is 11.9 Å². The molecule has 20 heavy (non-hydrogen) atoms. The summed E-state index contributed by atoms with van der Waals surface area (Å²) in [5.41, 5.74) is 0. The van der Waals surface area contributed by atoms with Crippen molar-refractivity contribution in [2.75, 3.05) is 44.0 Å². The molecule has 0 saturated carbocycles. The predicted octanol–water partition coefficient (Wildman–Crippen LogP) is 0.940. The predicted molar refractivity (Wildman–Crippen MR) is 79.8 cm³/mol. The third kappa shape index (κ3) is 3.57. The van der Waals surface area contributed by atoms with Crippen LogP contribution in [0, 0.1) is 0 Å². The van der Waals surface area contributed by atoms with Gasteiger partial charge in [0.25, 0.3) is 0 Å². The molecule has 1 fully saturated rings. The van der Waals surface area contributed by atoms with Crippen molar-refractivity contribution in [1.82, 2.24) is 14.9 Å². The first kappa shape index (κ1) is 15.0. The van der Waals surface area contributed by atoms with E-state index in [2.05, 4.69) is 36.5 Å². The van der Waals surface area contributed by atoms with E-state index in [1.54, 1.807) is 18.1 Å². The Morgan fingerprint density at radius 2 is 2.20 bits per heavy atom. The van der Waals surface area contributed by atoms with Crippen LogP contribution in [-0.4, -0.2) is 60.2 Å². The molecular weight excluding hydrogens is 326 g/mol. The van der Waals surface area contributed by atoms with Crippen LogP contribution < -0.4 is 10.6 Å². The first-order valence-corrected chi connectivity index (χ1v) is 7.24. The summed E-state index contributed by atoms with van der Waals surface area (Å²) in [5.74, 6) is 1.14. The minimum Gasteiger partial charge on any atom is -0.378 e. The van der Waals surface area contributed by atoms with Crippen LogP contribution in [0.3, 0.4) is 0 Å². The molecule has 0 aromatic carbocycles. The summed E-state index contributed by atoms with van der Waals surface area (Å²) < 4.78 is 5.97. The molecule has 1 unspecified atom stereocenters. The first-order valence-electron chi connectivity index (χ1n) is 6.45. The monoisotopic (exact) mass is 343 g/mol. The number of morpholine rings is 1. The Morgan fingerprint density at radius 1 is 1.50 bits per heavy atom. The lowest BCUT2D eigenvalue weighted by atomic mass is 10.2. The Hall–Kier alpha value is -1.41. The van der Waals surface area contributed by atoms with Crippen molar-refractivity contribution in [2.24, 2.45) is 0 Å². The Balaban J connectivity index is 2.03. The van der Waals surface area contributed by atoms with Gasteiger partial charge in [0.1, 0.15) is 11.9 Å². The number of nitrogens with one attached hydrogen (secondary N) is 2. The van der Waals surface area contributed by atoms with E-state index in [1.807, 2.05) is 6.92 Å². The van der Waals surface area contributed by atoms with Crippen molar-refractivity contribution in [3.05, 3.63) is 10.7 Å². The molecule has 0 radical (unpaired) electrons. The summed E-state index contributed by atoms with van der Waals surface area (Å²) >= 11 is 3.37. The fourth-order valence-electron chi connectivity index (χ4n) is 1.91. The Bertz CT molecular complexity index is 479. The first-order chi connectivity index (χ1) is 9.61. The van der Waals surface area contributed by atoms with Gasteiger partial charge in [-0.15, -0.1) is 0 Å². The van der Waals surface area contributed by atoms with Crippen molar-refractivity contribution in [3.63, 3.8) is 0 Å². The number of halogens is 1. The normalized spacial score (nSPS) is 16.6. The fraction of sp³-hybridized carbons (Fsp3) is 0.583. The smallest absolute Gasteiger partial charge is 0.244 e. The highest BCUT2D eigenvalue weighted by Crippen LogP contribution is 2.21. The van der Waals surface area contributed by atoms with E-state index >= 15 is 0 Å². The Kier molecular flexibility index (Phi) is 5.13. The van der Waals surface area contributed by atoms with Crippen molar-refractivity contribution in [3.8, 4) is 0 Å². The summed E-state index contributed by atoms with van der Waals surface area (Å²) in [5, 5.41) is 5.98. The topological polar surface area (TPSA) is 79.4 Å². The van der Waals surface area contributed by atoms with Crippen LogP contribution >= 0.6 is 15.9 Å². The third-order valence-electron chi connectivity index (χ3n) is 3.01. The van der Waals surface area contributed by atoms with Gasteiger partial charge in [-0.2, -0.15) is 4.98 Å². The average Bonchev–Trinajstić information content (AvgIpc) is 2.49. The zero-order chi connectivity index (χ0) is 14.5. The van der Waals surface area contributed by atoms with Gasteiger partial charge in [-0.1, -0.05) is 0 Å². The summed E-state index contributed by atoms with van der Waals surface area (Å²) in [7, 11) is 1.75. The second-order valence-corrected chi connectivity index (χ2v) is 5.30. The number of carbonyl (C=O) groups excluding carboxylic acids is 1. The summed E-state index contributed by atoms with van der Waals surface area (Å²) in [4.78, 5) is 22.5. The van der Waals surface area contributed by atoms with Gasteiger partial charge in [-0.3, -0.25) is 4.79 Å². The molecule has 2 heterocycles. The fourth-order valence-corrected chi connectivity index (χ4v) is 2.22. The van der Waals surface area contributed by atoms with Crippen LogP contribution in [0.1, 0.15) is 6.92 Å². The van der Waals surface area contributed by atoms with E-state index in [4.69, 9.17) is 4.74 Å². The number of nitrogens with zero attached hydrogens (tertiary/aromatic N) is 3. The SMILES string of the molecule is CNc1ncc(Br)c(NC(C)C(=O)N2CCOCC2)n1. The minimum absolute atomic E-state index is 0.0461. The maximum Gasteiger partial charge on any atom is 0.244 e. The van der Waals surface area contributed by atoms with Gasteiger partial charge in [0.15, 0.2) is 0 Å². The second-order valence-electron chi connectivity index (χ2n) is 4.44. The highest BCUT2D eigenvalue weighted by molar-refractivity contribution is 9.10. The van der Waals surface area contributed by atoms with Crippen LogP contribution in [0.5, 0.6) is 0 Å². The highest BCUT2D eigenvalue weighted by atomic mass is 79.9. The minimum atomic E-state index is -0.357. The van der Waals surface area contributed by atoms with E-state index in [0.29, 0.717) is 38.1 Å². The van der Waals surface area contributed by atoms with E-state index in [0.717, 1.165) is 4.47 Å². The second kappa shape index (κ2) is 6.85. The molecule has 7 nitrogen and oxygen atoms in total. The number of hydrogen-bond donors (Lipinski definition) is 2. The molecule has 8 heteroatoms. The third-order valence-corrected chi connectivity index (χ3v) is 3.59. The number of ether oxygens (including phenoxy) is 1. The van der Waals surface area contributed by atoms with E-state index in [1.165, 1.54) is 0 Å². The molecule has 0 bridgehead atoms. The van der Waals surface area contributed by atoms with E-state index < -0.39 is 0 Å². The van der Waals surface area contributed by atoms with Gasteiger partial charge in [-0.05, 0) is 22.9 Å². The van der Waals surface area contributed by atoms with E-state index in [9.17, 15) is 4.79 Å². The number of hydrogen-bond acceptors (Lipinski definition) is 6. The van der Waals surface area contributed by atoms with Gasteiger partial charge >= 0.3 is 0 Å². The zero-order valence-corrected chi connectivity index (χ0v) is 13.1. The lowest BCUT2D eigenvalue weighted by Gasteiger charge is -2.29. The number of aromatic nitrogens is 2. The van der Waals surface area contributed by atoms with Crippen LogP contribution in [0.4, 0.5) is 11.8 Å². The molecule has 1 amide bonds. The molecule has 1 aromatic heterocycles. The Labute approximate surface area is 126 Å². The molecule has 0 aliphatic carbocycles. The summed E-state index contributed by atoms with van der Waals surface area (Å²) in [6, 6.07) is -0.357. The highest BCUT2D eigenvalue weighted by Gasteiger charge is 2.23.